The molecule has 0 aromatic rings. The third kappa shape index (κ3) is 1.50. The van der Waals surface area contributed by atoms with Crippen molar-refractivity contribution in [3.63, 3.8) is 0 Å². The molecule has 0 amide bonds. The second-order valence-electron chi connectivity index (χ2n) is 5.26. The molecule has 1 saturated heterocycles. The number of carbonyl (C=O) groups excluding carboxylic acids is 1. The zero-order chi connectivity index (χ0) is 9.54. The molecule has 2 heteroatoms. The van der Waals surface area contributed by atoms with Gasteiger partial charge in [0.25, 0.3) is 0 Å². The zero-order valence-corrected chi connectivity index (χ0v) is 8.74. The van der Waals surface area contributed by atoms with E-state index in [0.717, 1.165) is 18.5 Å². The molecule has 2 unspecified atom stereocenters. The lowest BCUT2D eigenvalue weighted by Gasteiger charge is -2.22. The first-order valence-corrected chi connectivity index (χ1v) is 6.11. The average Bonchev–Trinajstić information content (AvgIpc) is 2.81. The van der Waals surface area contributed by atoms with Crippen LogP contribution in [0, 0.1) is 11.8 Å². The van der Waals surface area contributed by atoms with E-state index in [1.54, 1.807) is 0 Å². The number of hydrogen-bond donors (Lipinski definition) is 0. The van der Waals surface area contributed by atoms with Gasteiger partial charge in [0.15, 0.2) is 0 Å². The predicted molar refractivity (Wildman–Crippen MR) is 55.1 cm³/mol. The van der Waals surface area contributed by atoms with Crippen molar-refractivity contribution in [1.29, 1.82) is 0 Å². The summed E-state index contributed by atoms with van der Waals surface area (Å²) in [5.41, 5.74) is 0. The van der Waals surface area contributed by atoms with Gasteiger partial charge in [0.1, 0.15) is 5.78 Å². The Balaban J connectivity index is 1.59. The molecule has 1 aliphatic heterocycles. The van der Waals surface area contributed by atoms with Crippen LogP contribution in [0.5, 0.6) is 0 Å². The van der Waals surface area contributed by atoms with E-state index < -0.39 is 0 Å². The van der Waals surface area contributed by atoms with Gasteiger partial charge >= 0.3 is 0 Å². The molecule has 2 saturated carbocycles. The molecule has 3 rings (SSSR count). The number of fused-ring (bicyclic) bond motifs is 1. The van der Waals surface area contributed by atoms with Crippen molar-refractivity contribution in [2.45, 2.75) is 44.6 Å². The lowest BCUT2D eigenvalue weighted by molar-refractivity contribution is -0.121. The first kappa shape index (κ1) is 8.90. The van der Waals surface area contributed by atoms with Crippen LogP contribution in [0.4, 0.5) is 0 Å². The maximum absolute atomic E-state index is 11.7. The molecule has 78 valence electrons. The quantitative estimate of drug-likeness (QED) is 0.681. The molecule has 0 bridgehead atoms. The van der Waals surface area contributed by atoms with Crippen LogP contribution in [0.15, 0.2) is 0 Å². The Morgan fingerprint density at radius 2 is 2.00 bits per heavy atom. The minimum atomic E-state index is 0.454. The van der Waals surface area contributed by atoms with Crippen LogP contribution in [0.25, 0.3) is 0 Å². The molecule has 2 nitrogen and oxygen atoms in total. The van der Waals surface area contributed by atoms with Gasteiger partial charge in [0.05, 0.1) is 6.54 Å². The van der Waals surface area contributed by atoms with Gasteiger partial charge in [-0.05, 0) is 44.6 Å². The van der Waals surface area contributed by atoms with Crippen molar-refractivity contribution in [3.05, 3.63) is 0 Å². The minimum absolute atomic E-state index is 0.454. The van der Waals surface area contributed by atoms with Gasteiger partial charge in [-0.25, -0.2) is 0 Å². The SMILES string of the molecule is O=C(CN1CCC2CCCC21)C1CC1. The summed E-state index contributed by atoms with van der Waals surface area (Å²) in [7, 11) is 0. The molecule has 2 atom stereocenters. The summed E-state index contributed by atoms with van der Waals surface area (Å²) in [6.07, 6.45) is 7.84. The normalized spacial score (nSPS) is 37.4. The summed E-state index contributed by atoms with van der Waals surface area (Å²) in [5.74, 6) is 1.91. The van der Waals surface area contributed by atoms with E-state index in [-0.39, 0.29) is 0 Å². The smallest absolute Gasteiger partial charge is 0.149 e. The number of likely N-dealkylation sites (tertiary alicyclic amines) is 1. The van der Waals surface area contributed by atoms with E-state index in [2.05, 4.69) is 4.90 Å². The van der Waals surface area contributed by atoms with Gasteiger partial charge in [-0.1, -0.05) is 6.42 Å². The molecule has 1 heterocycles. The third-order valence-corrected chi connectivity index (χ3v) is 4.27. The number of rotatable bonds is 3. The van der Waals surface area contributed by atoms with Gasteiger partial charge in [0.2, 0.25) is 0 Å². The molecule has 0 spiro atoms. The van der Waals surface area contributed by atoms with Crippen LogP contribution >= 0.6 is 0 Å². The Morgan fingerprint density at radius 3 is 2.79 bits per heavy atom. The van der Waals surface area contributed by atoms with Crippen LogP contribution in [0.1, 0.15) is 38.5 Å². The first-order valence-electron chi connectivity index (χ1n) is 6.11. The molecule has 0 radical (unpaired) electrons. The molecule has 0 aromatic heterocycles. The van der Waals surface area contributed by atoms with Crippen LogP contribution in [0.3, 0.4) is 0 Å². The highest BCUT2D eigenvalue weighted by Crippen LogP contribution is 2.38. The number of Topliss-reactive ketones (excluding diaryl/α,β-unsaturated/α-hetero) is 1. The summed E-state index contributed by atoms with van der Waals surface area (Å²) in [5, 5.41) is 0. The zero-order valence-electron chi connectivity index (χ0n) is 8.74. The summed E-state index contributed by atoms with van der Waals surface area (Å²) in [4.78, 5) is 14.2. The Kier molecular flexibility index (Phi) is 2.12. The molecule has 3 fully saturated rings. The van der Waals surface area contributed by atoms with Crippen LogP contribution in [-0.4, -0.2) is 29.8 Å². The van der Waals surface area contributed by atoms with E-state index >= 15 is 0 Å². The van der Waals surface area contributed by atoms with Gasteiger partial charge < -0.3 is 0 Å². The lowest BCUT2D eigenvalue weighted by Crippen LogP contribution is -2.35. The minimum Gasteiger partial charge on any atom is -0.298 e. The molecule has 0 N–H and O–H groups in total. The molecule has 3 aliphatic rings. The number of carbonyl (C=O) groups is 1. The largest absolute Gasteiger partial charge is 0.298 e. The van der Waals surface area contributed by atoms with E-state index in [0.29, 0.717) is 11.7 Å². The fourth-order valence-corrected chi connectivity index (χ4v) is 3.26. The molecular formula is C12H19NO. The maximum Gasteiger partial charge on any atom is 0.149 e. The fourth-order valence-electron chi connectivity index (χ4n) is 3.26. The number of hydrogen-bond acceptors (Lipinski definition) is 2. The average molecular weight is 193 g/mol. The van der Waals surface area contributed by atoms with E-state index in [4.69, 9.17) is 0 Å². The van der Waals surface area contributed by atoms with Crippen molar-refractivity contribution in [2.24, 2.45) is 11.8 Å². The Morgan fingerprint density at radius 1 is 1.14 bits per heavy atom. The van der Waals surface area contributed by atoms with Crippen molar-refractivity contribution in [1.82, 2.24) is 4.90 Å². The highest BCUT2D eigenvalue weighted by atomic mass is 16.1. The van der Waals surface area contributed by atoms with Crippen molar-refractivity contribution in [2.75, 3.05) is 13.1 Å². The monoisotopic (exact) mass is 193 g/mol. The van der Waals surface area contributed by atoms with Crippen LogP contribution in [0.2, 0.25) is 0 Å². The Bertz CT molecular complexity index is 247. The van der Waals surface area contributed by atoms with Gasteiger partial charge in [0, 0.05) is 12.0 Å². The third-order valence-electron chi connectivity index (χ3n) is 4.27. The Hall–Kier alpha value is -0.370. The van der Waals surface area contributed by atoms with Gasteiger partial charge in [-0.2, -0.15) is 0 Å². The van der Waals surface area contributed by atoms with Gasteiger partial charge in [-0.15, -0.1) is 0 Å². The summed E-state index contributed by atoms with van der Waals surface area (Å²) >= 11 is 0. The van der Waals surface area contributed by atoms with Gasteiger partial charge in [-0.3, -0.25) is 9.69 Å². The maximum atomic E-state index is 11.7. The van der Waals surface area contributed by atoms with Crippen molar-refractivity contribution < 1.29 is 4.79 Å². The van der Waals surface area contributed by atoms with E-state index in [9.17, 15) is 4.79 Å². The summed E-state index contributed by atoms with van der Waals surface area (Å²) < 4.78 is 0. The molecule has 14 heavy (non-hydrogen) atoms. The molecule has 0 aromatic carbocycles. The molecular weight excluding hydrogens is 174 g/mol. The molecule has 2 aliphatic carbocycles. The number of nitrogens with zero attached hydrogens (tertiary/aromatic N) is 1. The Labute approximate surface area is 85.7 Å². The van der Waals surface area contributed by atoms with Crippen LogP contribution in [-0.2, 0) is 4.79 Å². The lowest BCUT2D eigenvalue weighted by atomic mass is 10.0. The first-order chi connectivity index (χ1) is 6.84. The summed E-state index contributed by atoms with van der Waals surface area (Å²) in [6.45, 7) is 1.96. The highest BCUT2D eigenvalue weighted by Gasteiger charge is 2.39. The van der Waals surface area contributed by atoms with Crippen molar-refractivity contribution >= 4 is 5.78 Å². The predicted octanol–water partition coefficient (Wildman–Crippen LogP) is 1.84. The van der Waals surface area contributed by atoms with E-state index in [1.165, 1.54) is 45.1 Å². The van der Waals surface area contributed by atoms with Crippen molar-refractivity contribution in [3.8, 4) is 0 Å². The highest BCUT2D eigenvalue weighted by molar-refractivity contribution is 5.85. The van der Waals surface area contributed by atoms with E-state index in [1.807, 2.05) is 0 Å². The topological polar surface area (TPSA) is 20.3 Å². The standard InChI is InChI=1S/C12H19NO/c14-12(10-4-5-10)8-13-7-6-9-2-1-3-11(9)13/h9-11H,1-8H2. The van der Waals surface area contributed by atoms with Crippen LogP contribution < -0.4 is 0 Å². The second kappa shape index (κ2) is 3.34. The fraction of sp³-hybridized carbons (Fsp3) is 0.917. The number of ketones is 1. The summed E-state index contributed by atoms with van der Waals surface area (Å²) in [6, 6.07) is 0.776. The second-order valence-corrected chi connectivity index (χ2v) is 5.26.